The van der Waals surface area contributed by atoms with Crippen molar-refractivity contribution in [2.75, 3.05) is 6.61 Å². The number of carboxylic acid groups (broad SMARTS) is 1. The molecule has 0 aromatic heterocycles. The standard InChI is InChI=1S/C14H22O5/c1-9(2)8-18-10(3)19-14(17)12-7-5-4-6-11(12)13(15)16/h10-12H,1,4-8H2,2-3H3,(H,15,16). The lowest BCUT2D eigenvalue weighted by molar-refractivity contribution is -0.183. The summed E-state index contributed by atoms with van der Waals surface area (Å²) >= 11 is 0. The zero-order chi connectivity index (χ0) is 14.4. The van der Waals surface area contributed by atoms with Crippen LogP contribution in [0, 0.1) is 11.8 Å². The SMILES string of the molecule is C=C(C)COC(C)OC(=O)C1CCCCC1C(=O)O. The molecule has 0 aromatic carbocycles. The molecular formula is C14H22O5. The molecule has 0 aromatic rings. The molecule has 5 nitrogen and oxygen atoms in total. The lowest BCUT2D eigenvalue weighted by Crippen LogP contribution is -2.35. The van der Waals surface area contributed by atoms with Crippen LogP contribution < -0.4 is 0 Å². The molecule has 19 heavy (non-hydrogen) atoms. The molecule has 1 N–H and O–H groups in total. The summed E-state index contributed by atoms with van der Waals surface area (Å²) in [7, 11) is 0. The van der Waals surface area contributed by atoms with Crippen LogP contribution in [0.1, 0.15) is 39.5 Å². The highest BCUT2D eigenvalue weighted by Gasteiger charge is 2.37. The van der Waals surface area contributed by atoms with E-state index in [2.05, 4.69) is 6.58 Å². The van der Waals surface area contributed by atoms with Crippen LogP contribution in [0.25, 0.3) is 0 Å². The number of rotatable bonds is 6. The third-order valence-corrected chi connectivity index (χ3v) is 3.23. The summed E-state index contributed by atoms with van der Waals surface area (Å²) in [6.45, 7) is 7.45. The molecule has 0 amide bonds. The second kappa shape index (κ2) is 7.28. The van der Waals surface area contributed by atoms with E-state index in [4.69, 9.17) is 14.6 Å². The van der Waals surface area contributed by atoms with Gasteiger partial charge in [-0.2, -0.15) is 0 Å². The average Bonchev–Trinajstić information content (AvgIpc) is 2.36. The van der Waals surface area contributed by atoms with Gasteiger partial charge >= 0.3 is 11.9 Å². The predicted molar refractivity (Wildman–Crippen MR) is 69.4 cm³/mol. The molecule has 0 spiro atoms. The smallest absolute Gasteiger partial charge is 0.312 e. The second-order valence-electron chi connectivity index (χ2n) is 5.11. The van der Waals surface area contributed by atoms with Gasteiger partial charge in [-0.25, -0.2) is 0 Å². The van der Waals surface area contributed by atoms with Gasteiger partial charge in [-0.05, 0) is 26.7 Å². The highest BCUT2D eigenvalue weighted by molar-refractivity contribution is 5.81. The quantitative estimate of drug-likeness (QED) is 0.455. The van der Waals surface area contributed by atoms with Crippen LogP contribution in [0.2, 0.25) is 0 Å². The third kappa shape index (κ3) is 5.03. The minimum Gasteiger partial charge on any atom is -0.481 e. The number of carbonyl (C=O) groups is 2. The molecule has 5 heteroatoms. The molecule has 1 rings (SSSR count). The molecule has 3 unspecified atom stereocenters. The van der Waals surface area contributed by atoms with Crippen LogP contribution in [0.3, 0.4) is 0 Å². The Hall–Kier alpha value is -1.36. The molecule has 3 atom stereocenters. The molecule has 1 saturated carbocycles. The van der Waals surface area contributed by atoms with E-state index in [0.29, 0.717) is 19.4 Å². The number of hydrogen-bond acceptors (Lipinski definition) is 4. The Morgan fingerprint density at radius 2 is 1.89 bits per heavy atom. The Labute approximate surface area is 113 Å². The fourth-order valence-electron chi connectivity index (χ4n) is 2.25. The maximum absolute atomic E-state index is 12.0. The van der Waals surface area contributed by atoms with Crippen molar-refractivity contribution >= 4 is 11.9 Å². The lowest BCUT2D eigenvalue weighted by Gasteiger charge is -2.27. The first-order chi connectivity index (χ1) is 8.91. The van der Waals surface area contributed by atoms with Gasteiger partial charge in [0.15, 0.2) is 6.29 Å². The lowest BCUT2D eigenvalue weighted by atomic mass is 9.79. The first-order valence-electron chi connectivity index (χ1n) is 6.61. The Kier molecular flexibility index (Phi) is 6.02. The van der Waals surface area contributed by atoms with E-state index in [0.717, 1.165) is 18.4 Å². The van der Waals surface area contributed by atoms with Crippen molar-refractivity contribution in [3.05, 3.63) is 12.2 Å². The summed E-state index contributed by atoms with van der Waals surface area (Å²) in [5.41, 5.74) is 0.837. The van der Waals surface area contributed by atoms with Crippen molar-refractivity contribution in [3.63, 3.8) is 0 Å². The molecule has 0 bridgehead atoms. The first-order valence-corrected chi connectivity index (χ1v) is 6.61. The molecule has 1 aliphatic rings. The van der Waals surface area contributed by atoms with E-state index in [-0.39, 0.29) is 0 Å². The predicted octanol–water partition coefficient (Wildman–Crippen LogP) is 2.36. The summed E-state index contributed by atoms with van der Waals surface area (Å²) in [5, 5.41) is 9.12. The number of ether oxygens (including phenoxy) is 2. The van der Waals surface area contributed by atoms with Crippen molar-refractivity contribution in [1.29, 1.82) is 0 Å². The molecule has 108 valence electrons. The van der Waals surface area contributed by atoms with E-state index in [1.807, 2.05) is 6.92 Å². The zero-order valence-electron chi connectivity index (χ0n) is 11.6. The molecule has 0 heterocycles. The monoisotopic (exact) mass is 270 g/mol. The highest BCUT2D eigenvalue weighted by atomic mass is 16.7. The molecular weight excluding hydrogens is 248 g/mol. The number of hydrogen-bond donors (Lipinski definition) is 1. The molecule has 0 saturated heterocycles. The van der Waals surface area contributed by atoms with Crippen LogP contribution in [-0.2, 0) is 19.1 Å². The van der Waals surface area contributed by atoms with Crippen LogP contribution in [0.5, 0.6) is 0 Å². The highest BCUT2D eigenvalue weighted by Crippen LogP contribution is 2.31. The Morgan fingerprint density at radius 3 is 2.42 bits per heavy atom. The van der Waals surface area contributed by atoms with E-state index < -0.39 is 30.1 Å². The van der Waals surface area contributed by atoms with Crippen molar-refractivity contribution in [2.45, 2.75) is 45.8 Å². The van der Waals surface area contributed by atoms with Crippen LogP contribution in [-0.4, -0.2) is 29.9 Å². The van der Waals surface area contributed by atoms with Gasteiger partial charge in [-0.15, -0.1) is 0 Å². The van der Waals surface area contributed by atoms with Gasteiger partial charge in [-0.3, -0.25) is 9.59 Å². The second-order valence-corrected chi connectivity index (χ2v) is 5.11. The van der Waals surface area contributed by atoms with Crippen molar-refractivity contribution < 1.29 is 24.2 Å². The van der Waals surface area contributed by atoms with E-state index >= 15 is 0 Å². The van der Waals surface area contributed by atoms with Crippen molar-refractivity contribution in [1.82, 2.24) is 0 Å². The maximum atomic E-state index is 12.0. The molecule has 0 radical (unpaired) electrons. The topological polar surface area (TPSA) is 72.8 Å². The number of aliphatic carboxylic acids is 1. The fraction of sp³-hybridized carbons (Fsp3) is 0.714. The Morgan fingerprint density at radius 1 is 1.32 bits per heavy atom. The van der Waals surface area contributed by atoms with Crippen molar-refractivity contribution in [2.24, 2.45) is 11.8 Å². The maximum Gasteiger partial charge on any atom is 0.312 e. The van der Waals surface area contributed by atoms with E-state index in [9.17, 15) is 9.59 Å². The minimum absolute atomic E-state index is 0.321. The molecule has 0 aliphatic heterocycles. The number of carboxylic acids is 1. The molecule has 1 fully saturated rings. The summed E-state index contributed by atoms with van der Waals surface area (Å²) in [6.07, 6.45) is 2.15. The first kappa shape index (κ1) is 15.7. The Balaban J connectivity index is 2.50. The summed E-state index contributed by atoms with van der Waals surface area (Å²) < 4.78 is 10.4. The third-order valence-electron chi connectivity index (χ3n) is 3.23. The fourth-order valence-corrected chi connectivity index (χ4v) is 2.25. The zero-order valence-corrected chi connectivity index (χ0v) is 11.6. The van der Waals surface area contributed by atoms with Crippen LogP contribution >= 0.6 is 0 Å². The summed E-state index contributed by atoms with van der Waals surface area (Å²) in [5.74, 6) is -2.57. The minimum atomic E-state index is -0.919. The summed E-state index contributed by atoms with van der Waals surface area (Å²) in [4.78, 5) is 23.1. The van der Waals surface area contributed by atoms with Crippen LogP contribution in [0.4, 0.5) is 0 Å². The van der Waals surface area contributed by atoms with Gasteiger partial charge in [-0.1, -0.05) is 25.0 Å². The summed E-state index contributed by atoms with van der Waals surface area (Å²) in [6, 6.07) is 0. The Bertz CT molecular complexity index is 350. The number of esters is 1. The van der Waals surface area contributed by atoms with Crippen LogP contribution in [0.15, 0.2) is 12.2 Å². The molecule has 1 aliphatic carbocycles. The average molecular weight is 270 g/mol. The van der Waals surface area contributed by atoms with Gasteiger partial charge in [0.2, 0.25) is 0 Å². The van der Waals surface area contributed by atoms with E-state index in [1.165, 1.54) is 0 Å². The van der Waals surface area contributed by atoms with Gasteiger partial charge in [0.05, 0.1) is 18.4 Å². The van der Waals surface area contributed by atoms with Gasteiger partial charge in [0.1, 0.15) is 0 Å². The van der Waals surface area contributed by atoms with Gasteiger partial charge in [0, 0.05) is 0 Å². The number of carbonyl (C=O) groups excluding carboxylic acids is 1. The van der Waals surface area contributed by atoms with E-state index in [1.54, 1.807) is 6.92 Å². The van der Waals surface area contributed by atoms with Gasteiger partial charge in [0.25, 0.3) is 0 Å². The normalized spacial score (nSPS) is 24.5. The largest absolute Gasteiger partial charge is 0.481 e. The van der Waals surface area contributed by atoms with Gasteiger partial charge < -0.3 is 14.6 Å². The van der Waals surface area contributed by atoms with Crippen molar-refractivity contribution in [3.8, 4) is 0 Å².